The molecule has 3 aliphatic rings. The molecule has 7 nitrogen and oxygen atoms in total. The maximum absolute atomic E-state index is 12.6. The van der Waals surface area contributed by atoms with Gasteiger partial charge in [0.15, 0.2) is 0 Å². The largest absolute Gasteiger partial charge is 0.392 e. The number of piperazine rings is 1. The number of nitrogens with zero attached hydrogens (tertiary/aromatic N) is 3. The van der Waals surface area contributed by atoms with E-state index in [1.165, 1.54) is 10.6 Å². The Kier molecular flexibility index (Phi) is 5.48. The lowest BCUT2D eigenvalue weighted by Crippen LogP contribution is -2.53. The Labute approximate surface area is 144 Å². The molecule has 2 aliphatic heterocycles. The number of hydrogen-bond acceptors (Lipinski definition) is 5. The van der Waals surface area contributed by atoms with Crippen LogP contribution in [0, 0.1) is 11.8 Å². The predicted octanol–water partition coefficient (Wildman–Crippen LogP) is -0.427. The lowest BCUT2D eigenvalue weighted by Gasteiger charge is -2.38. The van der Waals surface area contributed by atoms with E-state index in [2.05, 4.69) is 4.90 Å². The summed E-state index contributed by atoms with van der Waals surface area (Å²) in [6.07, 6.45) is 4.54. The fourth-order valence-electron chi connectivity index (χ4n) is 3.74. The highest BCUT2D eigenvalue weighted by Gasteiger charge is 2.34. The van der Waals surface area contributed by atoms with Crippen molar-refractivity contribution < 1.29 is 18.3 Å². The number of hydrogen-bond donors (Lipinski definition) is 1. The van der Waals surface area contributed by atoms with E-state index in [1.807, 2.05) is 4.90 Å². The summed E-state index contributed by atoms with van der Waals surface area (Å²) < 4.78 is 24.6. The molecule has 1 atom stereocenters. The van der Waals surface area contributed by atoms with Crippen molar-refractivity contribution in [2.24, 2.45) is 11.8 Å². The second kappa shape index (κ2) is 7.27. The summed E-state index contributed by atoms with van der Waals surface area (Å²) in [5.41, 5.74) is 0. The van der Waals surface area contributed by atoms with Crippen LogP contribution >= 0.6 is 0 Å². The number of aliphatic hydroxyl groups is 1. The van der Waals surface area contributed by atoms with Crippen LogP contribution in [-0.4, -0.2) is 91.7 Å². The Hall–Kier alpha value is -0.700. The fraction of sp³-hybridized carbons (Fsp3) is 0.938. The summed E-state index contributed by atoms with van der Waals surface area (Å²) in [7, 11) is -3.14. The third kappa shape index (κ3) is 4.47. The van der Waals surface area contributed by atoms with E-state index >= 15 is 0 Å². The third-order valence-corrected chi connectivity index (χ3v) is 6.87. The van der Waals surface area contributed by atoms with Crippen LogP contribution in [0.2, 0.25) is 0 Å². The van der Waals surface area contributed by atoms with Gasteiger partial charge in [-0.1, -0.05) is 0 Å². The number of rotatable bonds is 5. The van der Waals surface area contributed by atoms with E-state index < -0.39 is 10.0 Å². The molecule has 24 heavy (non-hydrogen) atoms. The quantitative estimate of drug-likeness (QED) is 0.721. The number of β-amino-alcohol motifs (C(OH)–C–C–N with tert-alkyl or cyclic N) is 1. The maximum Gasteiger partial charge on any atom is 0.225 e. The molecule has 1 unspecified atom stereocenters. The first-order chi connectivity index (χ1) is 11.3. The number of carbonyl (C=O) groups is 1. The first-order valence-corrected chi connectivity index (χ1v) is 10.8. The zero-order valence-corrected chi connectivity index (χ0v) is 15.2. The average Bonchev–Trinajstić information content (AvgIpc) is 3.39. The monoisotopic (exact) mass is 359 g/mol. The lowest BCUT2D eigenvalue weighted by atomic mass is 9.96. The van der Waals surface area contributed by atoms with Crippen molar-refractivity contribution in [3.63, 3.8) is 0 Å². The van der Waals surface area contributed by atoms with Crippen LogP contribution in [0.4, 0.5) is 0 Å². The van der Waals surface area contributed by atoms with Crippen LogP contribution in [0.25, 0.3) is 0 Å². The number of carbonyl (C=O) groups excluding carboxylic acids is 1. The van der Waals surface area contributed by atoms with E-state index in [0.717, 1.165) is 32.5 Å². The standard InChI is InChI=1S/C16H29N3O4S/c1-24(22,23)19-6-4-14(5-7-19)16(21)18-10-8-17(9-11-18)12-15(20)13-2-3-13/h13-15,20H,2-12H2,1H3. The van der Waals surface area contributed by atoms with Gasteiger partial charge in [-0.2, -0.15) is 0 Å². The smallest absolute Gasteiger partial charge is 0.225 e. The van der Waals surface area contributed by atoms with Crippen molar-refractivity contribution >= 4 is 15.9 Å². The van der Waals surface area contributed by atoms with Crippen molar-refractivity contribution in [2.45, 2.75) is 31.8 Å². The van der Waals surface area contributed by atoms with Gasteiger partial charge in [-0.25, -0.2) is 12.7 Å². The van der Waals surface area contributed by atoms with Gasteiger partial charge in [0.2, 0.25) is 15.9 Å². The molecule has 8 heteroatoms. The van der Waals surface area contributed by atoms with Crippen LogP contribution in [0.15, 0.2) is 0 Å². The Bertz CT molecular complexity index is 548. The lowest BCUT2D eigenvalue weighted by molar-refractivity contribution is -0.138. The maximum atomic E-state index is 12.6. The van der Waals surface area contributed by atoms with Crippen LogP contribution < -0.4 is 0 Å². The van der Waals surface area contributed by atoms with Gasteiger partial charge >= 0.3 is 0 Å². The van der Waals surface area contributed by atoms with E-state index in [-0.39, 0.29) is 17.9 Å². The Morgan fingerprint density at radius 1 is 1.04 bits per heavy atom. The van der Waals surface area contributed by atoms with Crippen LogP contribution in [0.3, 0.4) is 0 Å². The first-order valence-electron chi connectivity index (χ1n) is 8.99. The van der Waals surface area contributed by atoms with Gasteiger partial charge in [0, 0.05) is 51.7 Å². The minimum atomic E-state index is -3.14. The molecule has 1 N–H and O–H groups in total. The minimum Gasteiger partial charge on any atom is -0.392 e. The van der Waals surface area contributed by atoms with Gasteiger partial charge in [0.05, 0.1) is 12.4 Å². The molecule has 0 radical (unpaired) electrons. The van der Waals surface area contributed by atoms with Crippen LogP contribution in [0.5, 0.6) is 0 Å². The fourth-order valence-corrected chi connectivity index (χ4v) is 4.61. The SMILES string of the molecule is CS(=O)(=O)N1CCC(C(=O)N2CCN(CC(O)C3CC3)CC2)CC1. The normalized spacial score (nSPS) is 26.5. The zero-order chi connectivity index (χ0) is 17.3. The molecule has 0 spiro atoms. The van der Waals surface area contributed by atoms with Crippen molar-refractivity contribution in [1.82, 2.24) is 14.1 Å². The molecule has 0 aromatic rings. The Morgan fingerprint density at radius 3 is 2.12 bits per heavy atom. The molecule has 2 heterocycles. The van der Waals surface area contributed by atoms with Crippen LogP contribution in [-0.2, 0) is 14.8 Å². The number of amides is 1. The van der Waals surface area contributed by atoms with Gasteiger partial charge in [-0.05, 0) is 31.6 Å². The summed E-state index contributed by atoms with van der Waals surface area (Å²) in [5.74, 6) is 0.613. The average molecular weight is 359 g/mol. The summed E-state index contributed by atoms with van der Waals surface area (Å²) in [6, 6.07) is 0. The molecular weight excluding hydrogens is 330 g/mol. The minimum absolute atomic E-state index is 0.0494. The topological polar surface area (TPSA) is 81.2 Å². The number of piperidine rings is 1. The molecule has 3 fully saturated rings. The number of sulfonamides is 1. The van der Waals surface area contributed by atoms with Gasteiger partial charge < -0.3 is 10.0 Å². The number of aliphatic hydroxyl groups excluding tert-OH is 1. The van der Waals surface area contributed by atoms with E-state index in [4.69, 9.17) is 0 Å². The van der Waals surface area contributed by atoms with Crippen molar-refractivity contribution in [2.75, 3.05) is 52.1 Å². The highest BCUT2D eigenvalue weighted by atomic mass is 32.2. The summed E-state index contributed by atoms with van der Waals surface area (Å²) >= 11 is 0. The molecule has 0 aromatic heterocycles. The molecule has 1 aliphatic carbocycles. The highest BCUT2D eigenvalue weighted by Crippen LogP contribution is 2.33. The van der Waals surface area contributed by atoms with E-state index in [1.54, 1.807) is 0 Å². The molecule has 0 bridgehead atoms. The van der Waals surface area contributed by atoms with E-state index in [0.29, 0.717) is 44.9 Å². The second-order valence-corrected chi connectivity index (χ2v) is 9.45. The van der Waals surface area contributed by atoms with Crippen molar-refractivity contribution in [3.8, 4) is 0 Å². The molecule has 3 rings (SSSR count). The predicted molar refractivity (Wildman–Crippen MR) is 90.9 cm³/mol. The van der Waals surface area contributed by atoms with Gasteiger partial charge in [0.25, 0.3) is 0 Å². The van der Waals surface area contributed by atoms with E-state index in [9.17, 15) is 18.3 Å². The van der Waals surface area contributed by atoms with Gasteiger partial charge in [-0.15, -0.1) is 0 Å². The summed E-state index contributed by atoms with van der Waals surface area (Å²) in [6.45, 7) is 4.67. The third-order valence-electron chi connectivity index (χ3n) is 5.57. The molecule has 2 saturated heterocycles. The van der Waals surface area contributed by atoms with Crippen LogP contribution in [0.1, 0.15) is 25.7 Å². The summed E-state index contributed by atoms with van der Waals surface area (Å²) in [4.78, 5) is 16.8. The molecule has 1 saturated carbocycles. The van der Waals surface area contributed by atoms with Crippen molar-refractivity contribution in [3.05, 3.63) is 0 Å². The van der Waals surface area contributed by atoms with Crippen molar-refractivity contribution in [1.29, 1.82) is 0 Å². The molecular formula is C16H29N3O4S. The van der Waals surface area contributed by atoms with Gasteiger partial charge in [-0.3, -0.25) is 9.69 Å². The zero-order valence-electron chi connectivity index (χ0n) is 14.4. The second-order valence-electron chi connectivity index (χ2n) is 7.47. The van der Waals surface area contributed by atoms with Gasteiger partial charge in [0.1, 0.15) is 0 Å². The molecule has 1 amide bonds. The highest BCUT2D eigenvalue weighted by molar-refractivity contribution is 7.88. The first kappa shape index (κ1) is 18.1. The Balaban J connectivity index is 1.42. The molecule has 138 valence electrons. The molecule has 0 aromatic carbocycles. The Morgan fingerprint density at radius 2 is 1.62 bits per heavy atom. The summed E-state index contributed by atoms with van der Waals surface area (Å²) in [5, 5.41) is 10.0.